The molecule has 0 saturated heterocycles. The van der Waals surface area contributed by atoms with Gasteiger partial charge in [-0.2, -0.15) is 0 Å². The van der Waals surface area contributed by atoms with Gasteiger partial charge in [0.2, 0.25) is 0 Å². The standard InChI is InChI=1S/C17H14/c1-12(2)17-15-9-5-3-7-13(15)11-14-8-4-6-10-16(14)17/h3-11H,1H2,2H3. The zero-order valence-electron chi connectivity index (χ0n) is 9.90. The fraction of sp³-hybridized carbons (Fsp3) is 0.0588. The molecule has 0 heterocycles. The third kappa shape index (κ3) is 1.53. The molecule has 0 aliphatic heterocycles. The molecular weight excluding hydrogens is 204 g/mol. The van der Waals surface area contributed by atoms with Gasteiger partial charge in [0.25, 0.3) is 0 Å². The highest BCUT2D eigenvalue weighted by Crippen LogP contribution is 2.32. The van der Waals surface area contributed by atoms with Crippen LogP contribution in [-0.2, 0) is 0 Å². The molecule has 82 valence electrons. The Morgan fingerprint density at radius 1 is 0.824 bits per heavy atom. The predicted molar refractivity (Wildman–Crippen MR) is 76.2 cm³/mol. The molecule has 0 N–H and O–H groups in total. The van der Waals surface area contributed by atoms with Crippen LogP contribution < -0.4 is 0 Å². The lowest BCUT2D eigenvalue weighted by molar-refractivity contribution is 1.67. The SMILES string of the molecule is C=C(C)c1c2ccccc2cc2ccccc12. The maximum absolute atomic E-state index is 4.13. The monoisotopic (exact) mass is 218 g/mol. The minimum Gasteiger partial charge on any atom is -0.0955 e. The normalized spacial score (nSPS) is 10.9. The number of allylic oxidation sites excluding steroid dienone is 1. The van der Waals surface area contributed by atoms with Gasteiger partial charge in [-0.3, -0.25) is 0 Å². The van der Waals surface area contributed by atoms with E-state index in [1.54, 1.807) is 0 Å². The van der Waals surface area contributed by atoms with Crippen molar-refractivity contribution in [2.45, 2.75) is 6.92 Å². The van der Waals surface area contributed by atoms with E-state index in [2.05, 4.69) is 68.1 Å². The van der Waals surface area contributed by atoms with Crippen molar-refractivity contribution >= 4 is 27.1 Å². The lowest BCUT2D eigenvalue weighted by atomic mass is 9.93. The van der Waals surface area contributed by atoms with Gasteiger partial charge in [-0.1, -0.05) is 55.1 Å². The second kappa shape index (κ2) is 3.74. The summed E-state index contributed by atoms with van der Waals surface area (Å²) in [5.74, 6) is 0. The lowest BCUT2D eigenvalue weighted by Gasteiger charge is -2.11. The topological polar surface area (TPSA) is 0 Å². The number of hydrogen-bond donors (Lipinski definition) is 0. The predicted octanol–water partition coefficient (Wildman–Crippen LogP) is 5.03. The number of hydrogen-bond acceptors (Lipinski definition) is 0. The minimum atomic E-state index is 1.12. The quantitative estimate of drug-likeness (QED) is 0.503. The van der Waals surface area contributed by atoms with Gasteiger partial charge in [0, 0.05) is 0 Å². The summed E-state index contributed by atoms with van der Waals surface area (Å²) < 4.78 is 0. The molecule has 0 aromatic heterocycles. The fourth-order valence-electron chi connectivity index (χ4n) is 2.47. The molecule has 0 bridgehead atoms. The molecule has 0 fully saturated rings. The molecule has 0 amide bonds. The Kier molecular flexibility index (Phi) is 2.22. The van der Waals surface area contributed by atoms with Crippen molar-refractivity contribution < 1.29 is 0 Å². The average Bonchev–Trinajstić information content (AvgIpc) is 2.35. The van der Waals surface area contributed by atoms with Crippen LogP contribution >= 0.6 is 0 Å². The van der Waals surface area contributed by atoms with Crippen molar-refractivity contribution in [1.29, 1.82) is 0 Å². The summed E-state index contributed by atoms with van der Waals surface area (Å²) in [5.41, 5.74) is 2.40. The number of fused-ring (bicyclic) bond motifs is 2. The molecule has 0 aliphatic carbocycles. The first kappa shape index (κ1) is 10.1. The first-order valence-electron chi connectivity index (χ1n) is 5.84. The van der Waals surface area contributed by atoms with Crippen molar-refractivity contribution in [2.75, 3.05) is 0 Å². The number of benzene rings is 3. The summed E-state index contributed by atoms with van der Waals surface area (Å²) in [6, 6.07) is 19.3. The summed E-state index contributed by atoms with van der Waals surface area (Å²) in [7, 11) is 0. The molecular formula is C17H14. The van der Waals surface area contributed by atoms with Crippen LogP contribution in [0.1, 0.15) is 12.5 Å². The van der Waals surface area contributed by atoms with E-state index >= 15 is 0 Å². The third-order valence-electron chi connectivity index (χ3n) is 3.20. The van der Waals surface area contributed by atoms with Crippen LogP contribution in [0.15, 0.2) is 61.2 Å². The number of rotatable bonds is 1. The van der Waals surface area contributed by atoms with E-state index in [4.69, 9.17) is 0 Å². The van der Waals surface area contributed by atoms with Gasteiger partial charge < -0.3 is 0 Å². The first-order chi connectivity index (χ1) is 8.27. The second-order valence-corrected chi connectivity index (χ2v) is 4.47. The maximum atomic E-state index is 4.13. The molecule has 3 aromatic carbocycles. The van der Waals surface area contributed by atoms with Gasteiger partial charge >= 0.3 is 0 Å². The van der Waals surface area contributed by atoms with E-state index in [1.165, 1.54) is 27.1 Å². The highest BCUT2D eigenvalue weighted by atomic mass is 14.1. The zero-order chi connectivity index (χ0) is 11.8. The fourth-order valence-corrected chi connectivity index (χ4v) is 2.47. The Morgan fingerprint density at radius 2 is 1.29 bits per heavy atom. The largest absolute Gasteiger partial charge is 0.0955 e. The van der Waals surface area contributed by atoms with E-state index in [0.717, 1.165) is 5.57 Å². The molecule has 0 heteroatoms. The van der Waals surface area contributed by atoms with Crippen molar-refractivity contribution in [3.63, 3.8) is 0 Å². The average molecular weight is 218 g/mol. The summed E-state index contributed by atoms with van der Waals surface area (Å²) in [4.78, 5) is 0. The molecule has 0 aliphatic rings. The Bertz CT molecular complexity index is 666. The molecule has 17 heavy (non-hydrogen) atoms. The zero-order valence-corrected chi connectivity index (χ0v) is 9.90. The van der Waals surface area contributed by atoms with Crippen molar-refractivity contribution in [3.8, 4) is 0 Å². The van der Waals surface area contributed by atoms with Crippen LogP contribution in [0.4, 0.5) is 0 Å². The van der Waals surface area contributed by atoms with E-state index < -0.39 is 0 Å². The molecule has 0 spiro atoms. The van der Waals surface area contributed by atoms with Crippen LogP contribution in [0.2, 0.25) is 0 Å². The molecule has 3 aromatic rings. The second-order valence-electron chi connectivity index (χ2n) is 4.47. The lowest BCUT2D eigenvalue weighted by Crippen LogP contribution is -1.86. The highest BCUT2D eigenvalue weighted by Gasteiger charge is 2.06. The van der Waals surface area contributed by atoms with Crippen LogP contribution in [0.3, 0.4) is 0 Å². The van der Waals surface area contributed by atoms with Crippen molar-refractivity contribution in [1.82, 2.24) is 0 Å². The van der Waals surface area contributed by atoms with Gasteiger partial charge in [0.05, 0.1) is 0 Å². The molecule has 0 radical (unpaired) electrons. The summed E-state index contributed by atoms with van der Waals surface area (Å²) in [6.07, 6.45) is 0. The smallest absolute Gasteiger partial charge is 0.00760 e. The van der Waals surface area contributed by atoms with Gasteiger partial charge in [0.1, 0.15) is 0 Å². The molecule has 0 atom stereocenters. The van der Waals surface area contributed by atoms with Crippen LogP contribution in [0.5, 0.6) is 0 Å². The van der Waals surface area contributed by atoms with Crippen molar-refractivity contribution in [3.05, 3.63) is 66.7 Å². The van der Waals surface area contributed by atoms with E-state index in [1.807, 2.05) is 0 Å². The van der Waals surface area contributed by atoms with Crippen molar-refractivity contribution in [2.24, 2.45) is 0 Å². The Labute approximate surface area is 101 Å². The van der Waals surface area contributed by atoms with Crippen LogP contribution in [-0.4, -0.2) is 0 Å². The Hall–Kier alpha value is -2.08. The maximum Gasteiger partial charge on any atom is -0.00760 e. The molecule has 0 saturated carbocycles. The molecule has 0 unspecified atom stereocenters. The Balaban J connectivity index is 2.61. The summed E-state index contributed by atoms with van der Waals surface area (Å²) in [6.45, 7) is 6.20. The van der Waals surface area contributed by atoms with Crippen LogP contribution in [0, 0.1) is 0 Å². The van der Waals surface area contributed by atoms with E-state index in [-0.39, 0.29) is 0 Å². The van der Waals surface area contributed by atoms with Gasteiger partial charge in [0.15, 0.2) is 0 Å². The van der Waals surface area contributed by atoms with Gasteiger partial charge in [-0.05, 0) is 45.7 Å². The Morgan fingerprint density at radius 3 is 1.76 bits per heavy atom. The third-order valence-corrected chi connectivity index (χ3v) is 3.20. The summed E-state index contributed by atoms with van der Waals surface area (Å²) in [5, 5.41) is 5.14. The molecule has 3 rings (SSSR count). The molecule has 0 nitrogen and oxygen atoms in total. The highest BCUT2D eigenvalue weighted by molar-refractivity contribution is 6.08. The van der Waals surface area contributed by atoms with E-state index in [0.29, 0.717) is 0 Å². The van der Waals surface area contributed by atoms with Gasteiger partial charge in [-0.25, -0.2) is 0 Å². The first-order valence-corrected chi connectivity index (χ1v) is 5.84. The van der Waals surface area contributed by atoms with Crippen LogP contribution in [0.25, 0.3) is 27.1 Å². The summed E-state index contributed by atoms with van der Waals surface area (Å²) >= 11 is 0. The van der Waals surface area contributed by atoms with Gasteiger partial charge in [-0.15, -0.1) is 0 Å². The minimum absolute atomic E-state index is 1.12. The van der Waals surface area contributed by atoms with E-state index in [9.17, 15) is 0 Å².